The number of benzene rings is 1. The van der Waals surface area contributed by atoms with Crippen molar-refractivity contribution in [1.29, 1.82) is 0 Å². The third kappa shape index (κ3) is 5.03. The van der Waals surface area contributed by atoms with Crippen LogP contribution in [0.4, 0.5) is 15.6 Å². The minimum atomic E-state index is -0.580. The van der Waals surface area contributed by atoms with Crippen LogP contribution in [-0.4, -0.2) is 22.6 Å². The number of aromatic nitrogens is 1. The van der Waals surface area contributed by atoms with Gasteiger partial charge in [-0.05, 0) is 51.8 Å². The number of carbonyl (C=O) groups is 2. The summed E-state index contributed by atoms with van der Waals surface area (Å²) in [6, 6.07) is 6.70. The lowest BCUT2D eigenvalue weighted by atomic mass is 10.2. The number of hydrogen-bond acceptors (Lipinski definition) is 5. The molecule has 1 aliphatic rings. The number of nitrogens with zero attached hydrogens (tertiary/aromatic N) is 1. The average molecular weight is 359 g/mol. The molecule has 1 fully saturated rings. The Morgan fingerprint density at radius 1 is 1.24 bits per heavy atom. The standard InChI is InChI=1S/C18H21N3O3S/c1-18(2,3)24-17(23)19-13-6-4-5-12(9-13)15(22)21-16-20-14(10-25-16)11-7-8-11/h4-6,9-11H,7-8H2,1-3H3,(H,19,23)(H,20,21,22). The zero-order valence-electron chi connectivity index (χ0n) is 14.5. The summed E-state index contributed by atoms with van der Waals surface area (Å²) >= 11 is 1.43. The Bertz CT molecular complexity index is 791. The van der Waals surface area contributed by atoms with E-state index < -0.39 is 11.7 Å². The summed E-state index contributed by atoms with van der Waals surface area (Å²) in [6.45, 7) is 5.38. The average Bonchev–Trinajstić information content (AvgIpc) is 3.26. The predicted molar refractivity (Wildman–Crippen MR) is 98.3 cm³/mol. The molecule has 0 saturated heterocycles. The topological polar surface area (TPSA) is 80.3 Å². The second kappa shape index (κ2) is 6.84. The Hall–Kier alpha value is -2.41. The molecule has 0 aliphatic heterocycles. The maximum absolute atomic E-state index is 12.4. The van der Waals surface area contributed by atoms with Crippen LogP contribution in [0.5, 0.6) is 0 Å². The molecule has 25 heavy (non-hydrogen) atoms. The smallest absolute Gasteiger partial charge is 0.412 e. The van der Waals surface area contributed by atoms with Gasteiger partial charge in [0.1, 0.15) is 5.60 Å². The van der Waals surface area contributed by atoms with Crippen LogP contribution < -0.4 is 10.6 Å². The van der Waals surface area contributed by atoms with E-state index in [4.69, 9.17) is 4.74 Å². The molecule has 0 unspecified atom stereocenters. The number of rotatable bonds is 4. The van der Waals surface area contributed by atoms with Crippen LogP contribution in [0.15, 0.2) is 29.6 Å². The Balaban J connectivity index is 1.63. The highest BCUT2D eigenvalue weighted by Crippen LogP contribution is 2.40. The van der Waals surface area contributed by atoms with Crippen molar-refractivity contribution in [2.45, 2.75) is 45.1 Å². The summed E-state index contributed by atoms with van der Waals surface area (Å²) in [5.74, 6) is 0.299. The van der Waals surface area contributed by atoms with Gasteiger partial charge in [0.15, 0.2) is 5.13 Å². The first-order valence-corrected chi connectivity index (χ1v) is 9.05. The number of carbonyl (C=O) groups excluding carboxylic acids is 2. The van der Waals surface area contributed by atoms with Crippen molar-refractivity contribution < 1.29 is 14.3 Å². The summed E-state index contributed by atoms with van der Waals surface area (Å²) < 4.78 is 5.21. The zero-order valence-corrected chi connectivity index (χ0v) is 15.3. The van der Waals surface area contributed by atoms with E-state index in [-0.39, 0.29) is 5.91 Å². The van der Waals surface area contributed by atoms with Crippen LogP contribution in [0.1, 0.15) is 55.6 Å². The van der Waals surface area contributed by atoms with Gasteiger partial charge in [0.05, 0.1) is 5.69 Å². The van der Waals surface area contributed by atoms with E-state index in [1.807, 2.05) is 5.38 Å². The highest BCUT2D eigenvalue weighted by atomic mass is 32.1. The van der Waals surface area contributed by atoms with Gasteiger partial charge in [0.25, 0.3) is 5.91 Å². The van der Waals surface area contributed by atoms with Crippen LogP contribution in [0.2, 0.25) is 0 Å². The lowest BCUT2D eigenvalue weighted by Crippen LogP contribution is -2.27. The highest BCUT2D eigenvalue weighted by Gasteiger charge is 2.26. The highest BCUT2D eigenvalue weighted by molar-refractivity contribution is 7.14. The summed E-state index contributed by atoms with van der Waals surface area (Å²) in [5, 5.41) is 8.02. The van der Waals surface area contributed by atoms with E-state index in [0.29, 0.717) is 22.3 Å². The third-order valence-corrected chi connectivity index (χ3v) is 4.28. The summed E-state index contributed by atoms with van der Waals surface area (Å²) in [5.41, 5.74) is 1.42. The lowest BCUT2D eigenvalue weighted by Gasteiger charge is -2.19. The molecule has 6 nitrogen and oxygen atoms in total. The van der Waals surface area contributed by atoms with Crippen LogP contribution >= 0.6 is 11.3 Å². The molecule has 132 valence electrons. The van der Waals surface area contributed by atoms with Gasteiger partial charge >= 0.3 is 6.09 Å². The van der Waals surface area contributed by atoms with E-state index in [1.54, 1.807) is 45.0 Å². The molecular formula is C18H21N3O3S. The van der Waals surface area contributed by atoms with E-state index in [0.717, 1.165) is 5.69 Å². The monoisotopic (exact) mass is 359 g/mol. The van der Waals surface area contributed by atoms with E-state index in [1.165, 1.54) is 24.2 Å². The molecule has 0 radical (unpaired) electrons. The first-order valence-electron chi connectivity index (χ1n) is 8.17. The van der Waals surface area contributed by atoms with Gasteiger partial charge in [-0.15, -0.1) is 11.3 Å². The van der Waals surface area contributed by atoms with Crippen molar-refractivity contribution in [2.24, 2.45) is 0 Å². The van der Waals surface area contributed by atoms with Crippen molar-refractivity contribution in [3.05, 3.63) is 40.9 Å². The zero-order chi connectivity index (χ0) is 18.0. The molecule has 0 atom stereocenters. The minimum absolute atomic E-state index is 0.260. The molecule has 7 heteroatoms. The van der Waals surface area contributed by atoms with Crippen molar-refractivity contribution in [2.75, 3.05) is 10.6 Å². The molecule has 0 bridgehead atoms. The van der Waals surface area contributed by atoms with Crippen molar-refractivity contribution in [3.8, 4) is 0 Å². The van der Waals surface area contributed by atoms with Gasteiger partial charge in [0, 0.05) is 22.5 Å². The first-order chi connectivity index (χ1) is 11.8. The Morgan fingerprint density at radius 2 is 2.00 bits per heavy atom. The van der Waals surface area contributed by atoms with Crippen LogP contribution in [0.25, 0.3) is 0 Å². The lowest BCUT2D eigenvalue weighted by molar-refractivity contribution is 0.0635. The first kappa shape index (κ1) is 17.4. The van der Waals surface area contributed by atoms with Gasteiger partial charge in [0.2, 0.25) is 0 Å². The van der Waals surface area contributed by atoms with Gasteiger partial charge in [-0.3, -0.25) is 15.4 Å². The van der Waals surface area contributed by atoms with Gasteiger partial charge in [-0.2, -0.15) is 0 Å². The molecule has 2 amide bonds. The molecule has 1 saturated carbocycles. The Morgan fingerprint density at radius 3 is 2.68 bits per heavy atom. The minimum Gasteiger partial charge on any atom is -0.444 e. The molecule has 1 heterocycles. The van der Waals surface area contributed by atoms with E-state index in [2.05, 4.69) is 15.6 Å². The second-order valence-corrected chi connectivity index (χ2v) is 7.87. The van der Waals surface area contributed by atoms with Crippen LogP contribution in [0.3, 0.4) is 0 Å². The quantitative estimate of drug-likeness (QED) is 0.835. The molecule has 2 N–H and O–H groups in total. The summed E-state index contributed by atoms with van der Waals surface area (Å²) in [6.07, 6.45) is 1.80. The second-order valence-electron chi connectivity index (χ2n) is 7.01. The molecular weight excluding hydrogens is 338 g/mol. The van der Waals surface area contributed by atoms with Gasteiger partial charge in [-0.1, -0.05) is 6.07 Å². The number of thiazole rings is 1. The van der Waals surface area contributed by atoms with Crippen LogP contribution in [0, 0.1) is 0 Å². The number of hydrogen-bond donors (Lipinski definition) is 2. The normalized spacial score (nSPS) is 14.0. The fraction of sp³-hybridized carbons (Fsp3) is 0.389. The Labute approximate surface area is 150 Å². The number of ether oxygens (including phenoxy) is 1. The fourth-order valence-corrected chi connectivity index (χ4v) is 3.03. The fourth-order valence-electron chi connectivity index (χ4n) is 2.24. The largest absolute Gasteiger partial charge is 0.444 e. The van der Waals surface area contributed by atoms with Crippen LogP contribution in [-0.2, 0) is 4.74 Å². The molecule has 1 aromatic heterocycles. The van der Waals surface area contributed by atoms with E-state index in [9.17, 15) is 9.59 Å². The van der Waals surface area contributed by atoms with Crippen molar-refractivity contribution >= 4 is 34.2 Å². The Kier molecular flexibility index (Phi) is 4.76. The molecule has 1 aromatic carbocycles. The maximum atomic E-state index is 12.4. The number of anilines is 2. The summed E-state index contributed by atoms with van der Waals surface area (Å²) in [4.78, 5) is 28.7. The van der Waals surface area contributed by atoms with Crippen molar-refractivity contribution in [3.63, 3.8) is 0 Å². The number of nitrogens with one attached hydrogen (secondary N) is 2. The van der Waals surface area contributed by atoms with Gasteiger partial charge < -0.3 is 4.74 Å². The van der Waals surface area contributed by atoms with E-state index >= 15 is 0 Å². The predicted octanol–water partition coefficient (Wildman–Crippen LogP) is 4.62. The SMILES string of the molecule is CC(C)(C)OC(=O)Nc1cccc(C(=O)Nc2nc(C3CC3)cs2)c1. The third-order valence-electron chi connectivity index (χ3n) is 3.51. The molecule has 2 aromatic rings. The van der Waals surface area contributed by atoms with Crippen molar-refractivity contribution in [1.82, 2.24) is 4.98 Å². The number of amides is 2. The maximum Gasteiger partial charge on any atom is 0.412 e. The molecule has 1 aliphatic carbocycles. The molecule has 0 spiro atoms. The van der Waals surface area contributed by atoms with Gasteiger partial charge in [-0.25, -0.2) is 9.78 Å². The molecule has 3 rings (SSSR count). The summed E-state index contributed by atoms with van der Waals surface area (Å²) in [7, 11) is 0.